The number of benzene rings is 1. The minimum Gasteiger partial charge on any atom is -0.236 e. The van der Waals surface area contributed by atoms with Crippen LogP contribution in [0.15, 0.2) is 30.6 Å². The highest BCUT2D eigenvalue weighted by Gasteiger charge is 2.29. The number of hydrogen-bond acceptors (Lipinski definition) is 0. The summed E-state index contributed by atoms with van der Waals surface area (Å²) >= 11 is 0. The van der Waals surface area contributed by atoms with Gasteiger partial charge in [0.15, 0.2) is 1.37 Å². The molecule has 0 aliphatic heterocycles. The summed E-state index contributed by atoms with van der Waals surface area (Å²) in [6.45, 7) is 4.28. The fourth-order valence-electron chi connectivity index (χ4n) is 3.45. The van der Waals surface area contributed by atoms with E-state index in [0.717, 1.165) is 5.69 Å². The quantitative estimate of drug-likeness (QED) is 0.726. The van der Waals surface area contributed by atoms with E-state index in [1.54, 1.807) is 0 Å². The van der Waals surface area contributed by atoms with Crippen LogP contribution >= 0.6 is 0 Å². The molecule has 1 aliphatic rings. The lowest BCUT2D eigenvalue weighted by Gasteiger charge is -2.07. The molecule has 0 bridgehead atoms. The summed E-state index contributed by atoms with van der Waals surface area (Å²) in [6, 6.07) is 8.33. The minimum absolute atomic E-state index is 0.582. The molecule has 0 unspecified atom stereocenters. The van der Waals surface area contributed by atoms with E-state index in [9.17, 15) is 0 Å². The summed E-state index contributed by atoms with van der Waals surface area (Å²) in [5, 5.41) is 0. The lowest BCUT2D eigenvalue weighted by atomic mass is 10.0. The van der Waals surface area contributed by atoms with Crippen molar-refractivity contribution < 1.29 is 5.94 Å². The van der Waals surface area contributed by atoms with Gasteiger partial charge in [-0.3, -0.25) is 0 Å². The van der Waals surface area contributed by atoms with Gasteiger partial charge in [-0.05, 0) is 31.4 Å². The molecule has 2 heteroatoms. The molecule has 1 heterocycles. The molecular formula is C17H23N2+. The van der Waals surface area contributed by atoms with E-state index in [4.69, 9.17) is 1.37 Å². The van der Waals surface area contributed by atoms with Crippen molar-refractivity contribution in [3.8, 4) is 5.69 Å². The molecule has 0 radical (unpaired) electrons. The highest BCUT2D eigenvalue weighted by molar-refractivity contribution is 5.33. The van der Waals surface area contributed by atoms with Crippen molar-refractivity contribution in [2.24, 2.45) is 7.05 Å². The van der Waals surface area contributed by atoms with E-state index in [1.165, 1.54) is 42.6 Å². The number of aromatic nitrogens is 2. The SMILES string of the molecule is [2H]c1n(C)c(C2CCCC2)c(C)[n+]1-c1ccccc1C. The molecule has 2 nitrogen and oxygen atoms in total. The summed E-state index contributed by atoms with van der Waals surface area (Å²) < 4.78 is 12.7. The Balaban J connectivity index is 2.18. The van der Waals surface area contributed by atoms with Gasteiger partial charge in [0.05, 0.1) is 7.05 Å². The lowest BCUT2D eigenvalue weighted by molar-refractivity contribution is -0.602. The Morgan fingerprint density at radius 3 is 2.58 bits per heavy atom. The van der Waals surface area contributed by atoms with Gasteiger partial charge in [-0.1, -0.05) is 31.0 Å². The van der Waals surface area contributed by atoms with Gasteiger partial charge in [0.1, 0.15) is 17.1 Å². The Morgan fingerprint density at radius 2 is 1.89 bits per heavy atom. The molecule has 3 rings (SSSR count). The van der Waals surface area contributed by atoms with Crippen LogP contribution in [-0.4, -0.2) is 4.57 Å². The largest absolute Gasteiger partial charge is 0.249 e. The zero-order valence-electron chi connectivity index (χ0n) is 13.1. The van der Waals surface area contributed by atoms with Gasteiger partial charge in [0, 0.05) is 12.8 Å². The Kier molecular flexibility index (Phi) is 2.87. The predicted molar refractivity (Wildman–Crippen MR) is 77.6 cm³/mol. The van der Waals surface area contributed by atoms with Crippen LogP contribution in [0.1, 0.15) is 49.9 Å². The fourth-order valence-corrected chi connectivity index (χ4v) is 3.45. The van der Waals surface area contributed by atoms with Gasteiger partial charge in [0.25, 0.3) is 0 Å². The van der Waals surface area contributed by atoms with Crippen LogP contribution in [0.25, 0.3) is 5.69 Å². The molecule has 1 saturated carbocycles. The van der Waals surface area contributed by atoms with Crippen molar-refractivity contribution in [3.63, 3.8) is 0 Å². The highest BCUT2D eigenvalue weighted by Crippen LogP contribution is 2.35. The van der Waals surface area contributed by atoms with E-state index >= 15 is 0 Å². The van der Waals surface area contributed by atoms with Gasteiger partial charge in [-0.15, -0.1) is 0 Å². The Labute approximate surface area is 117 Å². The molecule has 100 valence electrons. The number of nitrogens with zero attached hydrogens (tertiary/aromatic N) is 2. The Bertz CT molecular complexity index is 637. The second-order valence-electron chi connectivity index (χ2n) is 5.73. The van der Waals surface area contributed by atoms with Crippen LogP contribution in [-0.2, 0) is 7.05 Å². The average molecular weight is 256 g/mol. The van der Waals surface area contributed by atoms with E-state index in [-0.39, 0.29) is 0 Å². The second kappa shape index (κ2) is 4.84. The van der Waals surface area contributed by atoms with Crippen molar-refractivity contribution in [1.29, 1.82) is 0 Å². The minimum atomic E-state index is 0.582. The molecule has 19 heavy (non-hydrogen) atoms. The Morgan fingerprint density at radius 1 is 1.21 bits per heavy atom. The number of hydrogen-bond donors (Lipinski definition) is 0. The van der Waals surface area contributed by atoms with E-state index in [0.29, 0.717) is 12.2 Å². The summed E-state index contributed by atoms with van der Waals surface area (Å²) in [6.07, 6.45) is 5.77. The molecule has 2 aromatic rings. The second-order valence-corrected chi connectivity index (χ2v) is 5.73. The van der Waals surface area contributed by atoms with Crippen molar-refractivity contribution >= 4 is 0 Å². The van der Waals surface area contributed by atoms with Gasteiger partial charge in [-0.2, -0.15) is 4.57 Å². The lowest BCUT2D eigenvalue weighted by Crippen LogP contribution is -2.32. The summed E-state index contributed by atoms with van der Waals surface area (Å²) in [4.78, 5) is 0. The van der Waals surface area contributed by atoms with Gasteiger partial charge in [-0.25, -0.2) is 4.57 Å². The molecule has 1 aliphatic carbocycles. The van der Waals surface area contributed by atoms with Gasteiger partial charge < -0.3 is 0 Å². The molecular weight excluding hydrogens is 232 g/mol. The third-order valence-corrected chi connectivity index (χ3v) is 4.42. The summed E-state index contributed by atoms with van der Waals surface area (Å²) in [7, 11) is 2.04. The van der Waals surface area contributed by atoms with Crippen molar-refractivity contribution in [1.82, 2.24) is 4.57 Å². The highest BCUT2D eigenvalue weighted by atomic mass is 15.1. The number of rotatable bonds is 2. The summed E-state index contributed by atoms with van der Waals surface area (Å²) in [5.74, 6) is 0.634. The fraction of sp³-hybridized carbons (Fsp3) is 0.471. The first-order valence-corrected chi connectivity index (χ1v) is 7.25. The van der Waals surface area contributed by atoms with Crippen LogP contribution in [0.4, 0.5) is 0 Å². The smallest absolute Gasteiger partial charge is 0.236 e. The monoisotopic (exact) mass is 256 g/mol. The number of imidazole rings is 1. The first-order valence-electron chi connectivity index (χ1n) is 7.75. The van der Waals surface area contributed by atoms with Crippen molar-refractivity contribution in [2.45, 2.75) is 45.4 Å². The van der Waals surface area contributed by atoms with Crippen LogP contribution in [0.5, 0.6) is 0 Å². The van der Waals surface area contributed by atoms with Gasteiger partial charge in [0.2, 0.25) is 6.30 Å². The molecule has 0 spiro atoms. The normalized spacial score (nSPS) is 16.9. The molecule has 0 saturated heterocycles. The molecule has 1 aromatic heterocycles. The maximum absolute atomic E-state index is 8.48. The van der Waals surface area contributed by atoms with Crippen LogP contribution in [0, 0.1) is 13.8 Å². The van der Waals surface area contributed by atoms with Crippen molar-refractivity contribution in [3.05, 3.63) is 47.5 Å². The first-order chi connectivity index (χ1) is 9.61. The molecule has 0 amide bonds. The standard InChI is InChI=1S/C17H23N2/c1-13-8-4-7-11-16(13)19-12-18(3)17(14(19)2)15-9-5-6-10-15/h4,7-8,11-12,15H,5-6,9-10H2,1-3H3/q+1/i12D. The zero-order valence-corrected chi connectivity index (χ0v) is 12.1. The maximum Gasteiger partial charge on any atom is 0.249 e. The number of aryl methyl sites for hydroxylation is 1. The van der Waals surface area contributed by atoms with E-state index in [2.05, 4.69) is 47.2 Å². The van der Waals surface area contributed by atoms with Crippen molar-refractivity contribution in [2.75, 3.05) is 0 Å². The zero-order chi connectivity index (χ0) is 14.3. The Hall–Kier alpha value is -1.57. The van der Waals surface area contributed by atoms with Crippen LogP contribution in [0.3, 0.4) is 0 Å². The molecule has 0 N–H and O–H groups in total. The molecule has 0 atom stereocenters. The van der Waals surface area contributed by atoms with E-state index < -0.39 is 0 Å². The van der Waals surface area contributed by atoms with Crippen LogP contribution < -0.4 is 4.57 Å². The van der Waals surface area contributed by atoms with Gasteiger partial charge >= 0.3 is 0 Å². The number of para-hydroxylation sites is 1. The third-order valence-electron chi connectivity index (χ3n) is 4.42. The predicted octanol–water partition coefficient (Wildman–Crippen LogP) is 3.58. The molecule has 1 fully saturated rings. The van der Waals surface area contributed by atoms with Crippen LogP contribution in [0.2, 0.25) is 0 Å². The summed E-state index contributed by atoms with van der Waals surface area (Å²) in [5.41, 5.74) is 4.95. The topological polar surface area (TPSA) is 8.81 Å². The third kappa shape index (κ3) is 2.09. The molecule has 1 aromatic carbocycles. The first kappa shape index (κ1) is 11.3. The average Bonchev–Trinajstić information content (AvgIpc) is 3.01. The van der Waals surface area contributed by atoms with E-state index in [1.807, 2.05) is 7.05 Å². The maximum atomic E-state index is 8.48.